The minimum absolute atomic E-state index is 0.733. The molecule has 0 bridgehead atoms. The summed E-state index contributed by atoms with van der Waals surface area (Å²) in [7, 11) is 0. The minimum atomic E-state index is 0.733. The number of hydrogen-bond donors (Lipinski definition) is 0. The second-order valence-electron chi connectivity index (χ2n) is 3.14. The van der Waals surface area contributed by atoms with Gasteiger partial charge in [-0.1, -0.05) is 18.2 Å². The third-order valence-electron chi connectivity index (χ3n) is 2.20. The van der Waals surface area contributed by atoms with Gasteiger partial charge in [0.1, 0.15) is 0 Å². The molecule has 0 unspecified atom stereocenters. The topological polar surface area (TPSA) is 17.1 Å². The Bertz CT molecular complexity index is 316. The maximum atomic E-state index is 10.6. The predicted octanol–water partition coefficient (Wildman–Crippen LogP) is 2.98. The summed E-state index contributed by atoms with van der Waals surface area (Å²) >= 11 is 2.26. The number of hydrogen-bond acceptors (Lipinski definition) is 1. The highest BCUT2D eigenvalue weighted by atomic mass is 127. The molecule has 1 aliphatic rings. The average Bonchev–Trinajstić information content (AvgIpc) is 2.88. The molecule has 1 nitrogen and oxygen atoms in total. The third kappa shape index (κ3) is 1.40. The summed E-state index contributed by atoms with van der Waals surface area (Å²) in [6.45, 7) is 0. The van der Waals surface area contributed by atoms with Crippen molar-refractivity contribution in [3.63, 3.8) is 0 Å². The lowest BCUT2D eigenvalue weighted by atomic mass is 10.1. The summed E-state index contributed by atoms with van der Waals surface area (Å²) in [5, 5.41) is 0. The van der Waals surface area contributed by atoms with E-state index in [0.717, 1.165) is 21.3 Å². The van der Waals surface area contributed by atoms with Gasteiger partial charge in [0.25, 0.3) is 0 Å². The van der Waals surface area contributed by atoms with Gasteiger partial charge < -0.3 is 0 Å². The van der Waals surface area contributed by atoms with Crippen molar-refractivity contribution in [2.24, 2.45) is 0 Å². The van der Waals surface area contributed by atoms with Crippen LogP contribution in [0, 0.1) is 3.57 Å². The van der Waals surface area contributed by atoms with E-state index in [2.05, 4.69) is 28.7 Å². The summed E-state index contributed by atoms with van der Waals surface area (Å²) in [6.07, 6.45) is 3.52. The van der Waals surface area contributed by atoms with E-state index in [0.29, 0.717) is 0 Å². The summed E-state index contributed by atoms with van der Waals surface area (Å²) < 4.78 is 1.15. The molecule has 0 heterocycles. The second kappa shape index (κ2) is 3.17. The summed E-state index contributed by atoms with van der Waals surface area (Å²) in [5.41, 5.74) is 2.19. The standard InChI is InChI=1S/C10H9IO/c11-10-8(6-12)2-1-3-9(10)7-4-5-7/h1-3,6-7H,4-5H2. The molecule has 2 heteroatoms. The van der Waals surface area contributed by atoms with Crippen LogP contribution >= 0.6 is 22.6 Å². The van der Waals surface area contributed by atoms with Crippen molar-refractivity contribution in [1.82, 2.24) is 0 Å². The average molecular weight is 272 g/mol. The molecule has 0 aliphatic heterocycles. The summed E-state index contributed by atoms with van der Waals surface area (Å²) in [5.74, 6) is 0.733. The lowest BCUT2D eigenvalue weighted by Crippen LogP contribution is -1.91. The zero-order chi connectivity index (χ0) is 8.55. The van der Waals surface area contributed by atoms with Gasteiger partial charge in [-0.3, -0.25) is 4.79 Å². The van der Waals surface area contributed by atoms with Crippen molar-refractivity contribution in [3.05, 3.63) is 32.9 Å². The van der Waals surface area contributed by atoms with Gasteiger partial charge in [0.15, 0.2) is 6.29 Å². The van der Waals surface area contributed by atoms with Crippen LogP contribution in [0.25, 0.3) is 0 Å². The molecule has 1 aliphatic carbocycles. The first kappa shape index (κ1) is 8.23. The van der Waals surface area contributed by atoms with Crippen molar-refractivity contribution in [2.45, 2.75) is 18.8 Å². The maximum absolute atomic E-state index is 10.6. The SMILES string of the molecule is O=Cc1cccc(C2CC2)c1I. The lowest BCUT2D eigenvalue weighted by molar-refractivity contribution is 0.112. The van der Waals surface area contributed by atoms with E-state index in [1.54, 1.807) is 0 Å². The molecule has 0 N–H and O–H groups in total. The number of benzene rings is 1. The number of rotatable bonds is 2. The van der Waals surface area contributed by atoms with Crippen molar-refractivity contribution in [3.8, 4) is 0 Å². The van der Waals surface area contributed by atoms with E-state index < -0.39 is 0 Å². The fraction of sp³-hybridized carbons (Fsp3) is 0.300. The van der Waals surface area contributed by atoms with Crippen molar-refractivity contribution >= 4 is 28.9 Å². The largest absolute Gasteiger partial charge is 0.298 e. The Kier molecular flexibility index (Phi) is 2.17. The molecule has 0 amide bonds. The fourth-order valence-electron chi connectivity index (χ4n) is 1.37. The van der Waals surface area contributed by atoms with Gasteiger partial charge >= 0.3 is 0 Å². The molecule has 1 fully saturated rings. The Morgan fingerprint density at radius 2 is 2.17 bits per heavy atom. The number of halogens is 1. The molecule has 12 heavy (non-hydrogen) atoms. The molecular weight excluding hydrogens is 263 g/mol. The molecule has 0 saturated heterocycles. The first-order valence-corrected chi connectivity index (χ1v) is 5.14. The highest BCUT2D eigenvalue weighted by molar-refractivity contribution is 14.1. The first-order valence-electron chi connectivity index (χ1n) is 4.06. The smallest absolute Gasteiger partial charge is 0.151 e. The highest BCUT2D eigenvalue weighted by Crippen LogP contribution is 2.42. The maximum Gasteiger partial charge on any atom is 0.151 e. The quantitative estimate of drug-likeness (QED) is 0.597. The Morgan fingerprint density at radius 3 is 2.75 bits per heavy atom. The van der Waals surface area contributed by atoms with Crippen LogP contribution in [0.5, 0.6) is 0 Å². The van der Waals surface area contributed by atoms with Gasteiger partial charge in [-0.05, 0) is 46.9 Å². The van der Waals surface area contributed by atoms with E-state index in [4.69, 9.17) is 0 Å². The van der Waals surface area contributed by atoms with Crippen LogP contribution in [0.1, 0.15) is 34.7 Å². The molecule has 1 aromatic rings. The lowest BCUT2D eigenvalue weighted by Gasteiger charge is -2.03. The van der Waals surface area contributed by atoms with E-state index in [-0.39, 0.29) is 0 Å². The molecule has 62 valence electrons. The molecule has 0 spiro atoms. The van der Waals surface area contributed by atoms with Gasteiger partial charge in [-0.25, -0.2) is 0 Å². The minimum Gasteiger partial charge on any atom is -0.298 e. The highest BCUT2D eigenvalue weighted by Gasteiger charge is 2.25. The van der Waals surface area contributed by atoms with Gasteiger partial charge in [-0.15, -0.1) is 0 Å². The molecule has 0 radical (unpaired) electrons. The Hall–Kier alpha value is -0.380. The van der Waals surface area contributed by atoms with Crippen LogP contribution in [0.4, 0.5) is 0 Å². The van der Waals surface area contributed by atoms with Crippen LogP contribution in [-0.4, -0.2) is 6.29 Å². The number of aldehydes is 1. The normalized spacial score (nSPS) is 16.1. The second-order valence-corrected chi connectivity index (χ2v) is 4.22. The molecular formula is C10H9IO. The monoisotopic (exact) mass is 272 g/mol. The first-order chi connectivity index (χ1) is 5.83. The Labute approximate surface area is 85.3 Å². The van der Waals surface area contributed by atoms with Crippen molar-refractivity contribution in [2.75, 3.05) is 0 Å². The van der Waals surface area contributed by atoms with E-state index in [1.165, 1.54) is 18.4 Å². The Morgan fingerprint density at radius 1 is 1.42 bits per heavy atom. The Balaban J connectivity index is 2.47. The molecule has 0 atom stereocenters. The van der Waals surface area contributed by atoms with Gasteiger partial charge in [0.05, 0.1) is 0 Å². The van der Waals surface area contributed by atoms with E-state index in [9.17, 15) is 4.79 Å². The van der Waals surface area contributed by atoms with E-state index in [1.807, 2.05) is 12.1 Å². The van der Waals surface area contributed by atoms with Crippen LogP contribution in [0.2, 0.25) is 0 Å². The molecule has 2 rings (SSSR count). The fourth-order valence-corrected chi connectivity index (χ4v) is 2.30. The summed E-state index contributed by atoms with van der Waals surface area (Å²) in [6, 6.07) is 5.98. The van der Waals surface area contributed by atoms with Crippen molar-refractivity contribution in [1.29, 1.82) is 0 Å². The zero-order valence-corrected chi connectivity index (χ0v) is 8.74. The predicted molar refractivity (Wildman–Crippen MR) is 56.5 cm³/mol. The number of carbonyl (C=O) groups is 1. The van der Waals surface area contributed by atoms with Crippen LogP contribution < -0.4 is 0 Å². The number of carbonyl (C=O) groups excluding carboxylic acids is 1. The molecule has 1 aromatic carbocycles. The van der Waals surface area contributed by atoms with E-state index >= 15 is 0 Å². The van der Waals surface area contributed by atoms with Gasteiger partial charge in [0, 0.05) is 9.13 Å². The third-order valence-corrected chi connectivity index (χ3v) is 3.45. The van der Waals surface area contributed by atoms with Crippen LogP contribution in [0.3, 0.4) is 0 Å². The van der Waals surface area contributed by atoms with Crippen molar-refractivity contribution < 1.29 is 4.79 Å². The van der Waals surface area contributed by atoms with Crippen LogP contribution in [0.15, 0.2) is 18.2 Å². The summed E-state index contributed by atoms with van der Waals surface area (Å²) in [4.78, 5) is 10.6. The van der Waals surface area contributed by atoms with Gasteiger partial charge in [-0.2, -0.15) is 0 Å². The van der Waals surface area contributed by atoms with Gasteiger partial charge in [0.2, 0.25) is 0 Å². The molecule has 0 aromatic heterocycles. The zero-order valence-electron chi connectivity index (χ0n) is 6.59. The van der Waals surface area contributed by atoms with Crippen LogP contribution in [-0.2, 0) is 0 Å². The molecule has 1 saturated carbocycles.